The zero-order valence-corrected chi connectivity index (χ0v) is 20.4. The number of para-hydroxylation sites is 1. The van der Waals surface area contributed by atoms with E-state index in [4.69, 9.17) is 5.73 Å². The van der Waals surface area contributed by atoms with E-state index < -0.39 is 0 Å². The van der Waals surface area contributed by atoms with Crippen LogP contribution in [0.5, 0.6) is 0 Å². The molecule has 8 heteroatoms. The number of imidazole rings is 1. The van der Waals surface area contributed by atoms with Gasteiger partial charge in [-0.25, -0.2) is 4.98 Å². The lowest BCUT2D eigenvalue weighted by Crippen LogP contribution is -2.18. The fourth-order valence-corrected chi connectivity index (χ4v) is 4.49. The van der Waals surface area contributed by atoms with Crippen LogP contribution in [0, 0.1) is 0 Å². The molecule has 7 rings (SSSR count). The Morgan fingerprint density at radius 2 is 1.86 bits per heavy atom. The molecule has 0 amide bonds. The van der Waals surface area contributed by atoms with Gasteiger partial charge in [0.2, 0.25) is 0 Å². The van der Waals surface area contributed by atoms with Gasteiger partial charge in [-0.2, -0.15) is 0 Å². The Balaban J connectivity index is 0.000000210. The highest BCUT2D eigenvalue weighted by Gasteiger charge is 2.13. The van der Waals surface area contributed by atoms with Gasteiger partial charge in [0.1, 0.15) is 17.8 Å². The SMILES string of the molecule is Cn1cnnc1-c1cccc(N2C=CC(c3cnc4ccccn34)=CC2)c1.Nc1cc2ccccc2[nH]1. The van der Waals surface area contributed by atoms with Crippen LogP contribution in [0.15, 0.2) is 110 Å². The molecule has 0 unspecified atom stereocenters. The van der Waals surface area contributed by atoms with Crippen molar-refractivity contribution < 1.29 is 0 Å². The first-order valence-corrected chi connectivity index (χ1v) is 12.0. The minimum atomic E-state index is 0.723. The van der Waals surface area contributed by atoms with Gasteiger partial charge < -0.3 is 20.2 Å². The number of hydrogen-bond acceptors (Lipinski definition) is 5. The van der Waals surface area contributed by atoms with Crippen molar-refractivity contribution in [2.75, 3.05) is 17.2 Å². The summed E-state index contributed by atoms with van der Waals surface area (Å²) in [5.74, 6) is 1.58. The van der Waals surface area contributed by atoms with E-state index in [1.54, 1.807) is 6.33 Å². The maximum atomic E-state index is 5.54. The monoisotopic (exact) mass is 486 g/mol. The fraction of sp³-hybridized carbons (Fsp3) is 0.0690. The van der Waals surface area contributed by atoms with Crippen LogP contribution >= 0.6 is 0 Å². The summed E-state index contributed by atoms with van der Waals surface area (Å²) in [7, 11) is 1.95. The molecule has 1 aliphatic heterocycles. The predicted octanol–water partition coefficient (Wildman–Crippen LogP) is 5.30. The van der Waals surface area contributed by atoms with E-state index in [-0.39, 0.29) is 0 Å². The largest absolute Gasteiger partial charge is 0.385 e. The highest BCUT2D eigenvalue weighted by Crippen LogP contribution is 2.27. The number of aryl methyl sites for hydroxylation is 1. The first-order valence-electron chi connectivity index (χ1n) is 12.0. The number of nitrogens with two attached hydrogens (primary N) is 1. The standard InChI is InChI=1S/C21H18N6.C8H8N2/c1-25-15-23-24-21(25)17-5-4-6-18(13-17)26-11-8-16(9-12-26)19-14-22-20-7-2-3-10-27(19)20;9-8-5-6-3-1-2-4-7(6)10-8/h2-11,13-15H,12H2,1H3;1-5,10H,9H2. The summed E-state index contributed by atoms with van der Waals surface area (Å²) in [6, 6.07) is 24.3. The normalized spacial score (nSPS) is 13.0. The Morgan fingerprint density at radius 3 is 2.68 bits per heavy atom. The van der Waals surface area contributed by atoms with Crippen LogP contribution < -0.4 is 10.6 Å². The van der Waals surface area contributed by atoms with Gasteiger partial charge in [-0.3, -0.25) is 4.40 Å². The van der Waals surface area contributed by atoms with Crippen LogP contribution in [0.2, 0.25) is 0 Å². The average Bonchev–Trinajstić information content (AvgIpc) is 3.66. The van der Waals surface area contributed by atoms with Crippen molar-refractivity contribution in [3.05, 3.63) is 116 Å². The third-order valence-electron chi connectivity index (χ3n) is 6.35. The van der Waals surface area contributed by atoms with E-state index in [0.717, 1.165) is 46.3 Å². The molecule has 3 N–H and O–H groups in total. The number of allylic oxidation sites excluding steroid dienone is 2. The molecule has 4 aromatic heterocycles. The molecule has 0 saturated heterocycles. The molecule has 182 valence electrons. The lowest BCUT2D eigenvalue weighted by atomic mass is 10.1. The maximum absolute atomic E-state index is 5.54. The van der Waals surface area contributed by atoms with Crippen molar-refractivity contribution in [2.45, 2.75) is 0 Å². The number of anilines is 2. The lowest BCUT2D eigenvalue weighted by Gasteiger charge is -2.23. The summed E-state index contributed by atoms with van der Waals surface area (Å²) >= 11 is 0. The molecule has 0 radical (unpaired) electrons. The zero-order valence-electron chi connectivity index (χ0n) is 20.4. The number of aromatic nitrogens is 6. The third kappa shape index (κ3) is 4.48. The molecule has 6 aromatic rings. The van der Waals surface area contributed by atoms with E-state index in [0.29, 0.717) is 0 Å². The average molecular weight is 487 g/mol. The second-order valence-corrected chi connectivity index (χ2v) is 8.83. The molecule has 8 nitrogen and oxygen atoms in total. The smallest absolute Gasteiger partial charge is 0.163 e. The molecular formula is C29H26N8. The number of rotatable bonds is 3. The molecule has 0 aliphatic carbocycles. The number of benzene rings is 2. The molecule has 1 aliphatic rings. The molecule has 0 saturated carbocycles. The quantitative estimate of drug-likeness (QED) is 0.354. The van der Waals surface area contributed by atoms with Crippen molar-refractivity contribution in [3.63, 3.8) is 0 Å². The molecule has 0 bridgehead atoms. The van der Waals surface area contributed by atoms with Gasteiger partial charge in [-0.15, -0.1) is 10.2 Å². The van der Waals surface area contributed by atoms with Crippen molar-refractivity contribution in [3.8, 4) is 11.4 Å². The minimum Gasteiger partial charge on any atom is -0.385 e. The highest BCUT2D eigenvalue weighted by atomic mass is 15.2. The van der Waals surface area contributed by atoms with Crippen molar-refractivity contribution >= 4 is 33.6 Å². The van der Waals surface area contributed by atoms with Crippen molar-refractivity contribution in [1.82, 2.24) is 29.1 Å². The van der Waals surface area contributed by atoms with Crippen LogP contribution in [0.3, 0.4) is 0 Å². The van der Waals surface area contributed by atoms with Crippen molar-refractivity contribution in [2.24, 2.45) is 7.05 Å². The lowest BCUT2D eigenvalue weighted by molar-refractivity contribution is 0.919. The van der Waals surface area contributed by atoms with Crippen LogP contribution in [0.25, 0.3) is 33.5 Å². The summed E-state index contributed by atoms with van der Waals surface area (Å²) in [6.07, 6.45) is 12.2. The molecule has 0 fully saturated rings. The van der Waals surface area contributed by atoms with E-state index in [1.165, 1.54) is 11.0 Å². The van der Waals surface area contributed by atoms with Crippen LogP contribution in [0.1, 0.15) is 5.69 Å². The van der Waals surface area contributed by atoms with Gasteiger partial charge in [-0.1, -0.05) is 42.5 Å². The molecular weight excluding hydrogens is 460 g/mol. The minimum absolute atomic E-state index is 0.723. The summed E-state index contributed by atoms with van der Waals surface area (Å²) in [5, 5.41) is 9.34. The molecule has 0 atom stereocenters. The topological polar surface area (TPSA) is 93.1 Å². The Labute approximate surface area is 214 Å². The summed E-state index contributed by atoms with van der Waals surface area (Å²) in [5.41, 5.74) is 12.1. The third-order valence-corrected chi connectivity index (χ3v) is 6.35. The summed E-state index contributed by atoms with van der Waals surface area (Å²) in [4.78, 5) is 9.73. The second-order valence-electron chi connectivity index (χ2n) is 8.83. The van der Waals surface area contributed by atoms with E-state index in [1.807, 2.05) is 72.5 Å². The molecule has 2 aromatic carbocycles. The number of aromatic amines is 1. The summed E-state index contributed by atoms with van der Waals surface area (Å²) < 4.78 is 4.04. The van der Waals surface area contributed by atoms with Gasteiger partial charge in [0, 0.05) is 48.1 Å². The van der Waals surface area contributed by atoms with Crippen LogP contribution in [0.4, 0.5) is 11.5 Å². The van der Waals surface area contributed by atoms with Gasteiger partial charge in [0.15, 0.2) is 5.82 Å². The van der Waals surface area contributed by atoms with E-state index in [2.05, 4.69) is 72.1 Å². The number of nitrogens with zero attached hydrogens (tertiary/aromatic N) is 6. The maximum Gasteiger partial charge on any atom is 0.163 e. The highest BCUT2D eigenvalue weighted by molar-refractivity contribution is 5.83. The number of pyridine rings is 1. The zero-order chi connectivity index (χ0) is 25.2. The van der Waals surface area contributed by atoms with Crippen LogP contribution in [-0.4, -0.2) is 35.7 Å². The summed E-state index contributed by atoms with van der Waals surface area (Å²) in [6.45, 7) is 0.800. The first-order chi connectivity index (χ1) is 18.2. The fourth-order valence-electron chi connectivity index (χ4n) is 4.49. The second kappa shape index (κ2) is 9.50. The predicted molar refractivity (Wildman–Crippen MR) is 149 cm³/mol. The number of nitrogens with one attached hydrogen (secondary N) is 1. The number of H-pyrrole nitrogens is 1. The van der Waals surface area contributed by atoms with Gasteiger partial charge in [0.25, 0.3) is 0 Å². The Kier molecular flexibility index (Phi) is 5.74. The van der Waals surface area contributed by atoms with Crippen LogP contribution in [-0.2, 0) is 7.05 Å². The Hall–Kier alpha value is -5.11. The Morgan fingerprint density at radius 1 is 0.973 bits per heavy atom. The number of fused-ring (bicyclic) bond motifs is 2. The van der Waals surface area contributed by atoms with Gasteiger partial charge in [-0.05, 0) is 48.0 Å². The Bertz CT molecular complexity index is 1720. The van der Waals surface area contributed by atoms with Gasteiger partial charge in [0.05, 0.1) is 11.9 Å². The van der Waals surface area contributed by atoms with E-state index in [9.17, 15) is 0 Å². The molecule has 37 heavy (non-hydrogen) atoms. The van der Waals surface area contributed by atoms with E-state index >= 15 is 0 Å². The first kappa shape index (κ1) is 22.4. The number of nitrogen functional groups attached to an aromatic ring is 1. The molecule has 5 heterocycles. The van der Waals surface area contributed by atoms with Crippen molar-refractivity contribution in [1.29, 1.82) is 0 Å². The molecule has 0 spiro atoms. The van der Waals surface area contributed by atoms with Gasteiger partial charge >= 0.3 is 0 Å². The number of hydrogen-bond donors (Lipinski definition) is 2.